The first-order valence-corrected chi connectivity index (χ1v) is 8.01. The van der Waals surface area contributed by atoms with Gasteiger partial charge in [-0.15, -0.1) is 0 Å². The van der Waals surface area contributed by atoms with Crippen LogP contribution in [0.4, 0.5) is 4.79 Å². The summed E-state index contributed by atoms with van der Waals surface area (Å²) in [6.45, 7) is 2.22. The fraction of sp³-hybridized carbons (Fsp3) is 0.462. The third-order valence-corrected chi connectivity index (χ3v) is 4.76. The van der Waals surface area contributed by atoms with Crippen molar-refractivity contribution < 1.29 is 17.9 Å². The van der Waals surface area contributed by atoms with Crippen LogP contribution in [-0.2, 0) is 14.6 Å². The lowest BCUT2D eigenvalue weighted by Gasteiger charge is -2.27. The van der Waals surface area contributed by atoms with Gasteiger partial charge in [0.25, 0.3) is 0 Å². The highest BCUT2D eigenvalue weighted by Gasteiger charge is 2.26. The molecule has 0 N–H and O–H groups in total. The van der Waals surface area contributed by atoms with Crippen molar-refractivity contribution in [2.24, 2.45) is 0 Å². The van der Waals surface area contributed by atoms with Crippen molar-refractivity contribution in [3.05, 3.63) is 35.9 Å². The van der Waals surface area contributed by atoms with E-state index in [2.05, 4.69) is 0 Å². The molecule has 0 aromatic heterocycles. The predicted molar refractivity (Wildman–Crippen MR) is 71.6 cm³/mol. The number of benzene rings is 1. The van der Waals surface area contributed by atoms with Crippen molar-refractivity contribution in [2.45, 2.75) is 13.0 Å². The molecular weight excluding hydrogens is 266 g/mol. The van der Waals surface area contributed by atoms with E-state index < -0.39 is 15.9 Å². The molecule has 1 aromatic carbocycles. The van der Waals surface area contributed by atoms with Crippen LogP contribution in [0, 0.1) is 0 Å². The Balaban J connectivity index is 1.91. The molecule has 1 aliphatic rings. The van der Waals surface area contributed by atoms with Crippen molar-refractivity contribution in [3.8, 4) is 0 Å². The summed E-state index contributed by atoms with van der Waals surface area (Å²) in [6, 6.07) is 9.44. The average molecular weight is 283 g/mol. The normalized spacial score (nSPS) is 19.7. The largest absolute Gasteiger partial charge is 0.442 e. The molecule has 0 aliphatic carbocycles. The molecule has 0 saturated carbocycles. The fourth-order valence-corrected chi connectivity index (χ4v) is 3.11. The first-order chi connectivity index (χ1) is 8.98. The van der Waals surface area contributed by atoms with Crippen molar-refractivity contribution in [1.82, 2.24) is 4.90 Å². The summed E-state index contributed by atoms with van der Waals surface area (Å²) >= 11 is 0. The minimum atomic E-state index is -2.98. The van der Waals surface area contributed by atoms with Crippen LogP contribution in [0.15, 0.2) is 30.3 Å². The molecule has 1 aliphatic heterocycles. The number of carbonyl (C=O) groups is 1. The Bertz CT molecular complexity index is 527. The van der Waals surface area contributed by atoms with Gasteiger partial charge in [-0.1, -0.05) is 30.3 Å². The number of amides is 1. The van der Waals surface area contributed by atoms with E-state index in [0.29, 0.717) is 0 Å². The van der Waals surface area contributed by atoms with Gasteiger partial charge in [-0.05, 0) is 12.5 Å². The summed E-state index contributed by atoms with van der Waals surface area (Å²) in [5.74, 6) is 0.0314. The minimum absolute atomic E-state index is 0.0157. The van der Waals surface area contributed by atoms with E-state index in [-0.39, 0.29) is 30.7 Å². The van der Waals surface area contributed by atoms with Crippen LogP contribution in [0.1, 0.15) is 18.6 Å². The summed E-state index contributed by atoms with van der Waals surface area (Å²) in [5, 5.41) is 0. The lowest BCUT2D eigenvalue weighted by Crippen LogP contribution is -2.44. The molecule has 1 aromatic rings. The van der Waals surface area contributed by atoms with Gasteiger partial charge in [0.1, 0.15) is 6.10 Å². The van der Waals surface area contributed by atoms with E-state index in [1.807, 2.05) is 30.3 Å². The molecule has 5 nitrogen and oxygen atoms in total. The topological polar surface area (TPSA) is 63.7 Å². The van der Waals surface area contributed by atoms with Gasteiger partial charge in [0.2, 0.25) is 0 Å². The minimum Gasteiger partial charge on any atom is -0.442 e. The molecule has 1 heterocycles. The maximum absolute atomic E-state index is 11.9. The van der Waals surface area contributed by atoms with Crippen molar-refractivity contribution in [2.75, 3.05) is 24.6 Å². The molecule has 1 fully saturated rings. The molecule has 1 atom stereocenters. The second-order valence-corrected chi connectivity index (χ2v) is 6.88. The van der Waals surface area contributed by atoms with Gasteiger partial charge in [0, 0.05) is 13.1 Å². The van der Waals surface area contributed by atoms with Crippen molar-refractivity contribution >= 4 is 15.9 Å². The van der Waals surface area contributed by atoms with Crippen LogP contribution in [0.3, 0.4) is 0 Å². The van der Waals surface area contributed by atoms with Crippen LogP contribution in [0.25, 0.3) is 0 Å². The summed E-state index contributed by atoms with van der Waals surface area (Å²) in [4.78, 5) is 13.3. The third kappa shape index (κ3) is 3.70. The Morgan fingerprint density at radius 3 is 2.37 bits per heavy atom. The number of ether oxygens (including phenoxy) is 1. The highest BCUT2D eigenvalue weighted by molar-refractivity contribution is 7.91. The van der Waals surface area contributed by atoms with E-state index in [4.69, 9.17) is 4.74 Å². The third-order valence-electron chi connectivity index (χ3n) is 3.15. The van der Waals surface area contributed by atoms with Gasteiger partial charge in [0.15, 0.2) is 9.84 Å². The Labute approximate surface area is 113 Å². The van der Waals surface area contributed by atoms with Crippen molar-refractivity contribution in [3.63, 3.8) is 0 Å². The number of rotatable bonds is 2. The Morgan fingerprint density at radius 2 is 1.79 bits per heavy atom. The van der Waals surface area contributed by atoms with Gasteiger partial charge >= 0.3 is 6.09 Å². The molecule has 19 heavy (non-hydrogen) atoms. The maximum atomic E-state index is 11.9. The maximum Gasteiger partial charge on any atom is 0.410 e. The SMILES string of the molecule is CC(OC(=O)N1CCS(=O)(=O)CC1)c1ccccc1. The lowest BCUT2D eigenvalue weighted by molar-refractivity contribution is 0.0721. The zero-order chi connectivity index (χ0) is 13.9. The zero-order valence-corrected chi connectivity index (χ0v) is 11.6. The fourth-order valence-electron chi connectivity index (χ4n) is 1.91. The Kier molecular flexibility index (Phi) is 4.09. The Morgan fingerprint density at radius 1 is 1.21 bits per heavy atom. The molecule has 1 saturated heterocycles. The van der Waals surface area contributed by atoms with Gasteiger partial charge in [-0.25, -0.2) is 13.2 Å². The van der Waals surface area contributed by atoms with Gasteiger partial charge in [0.05, 0.1) is 11.5 Å². The molecule has 0 spiro atoms. The molecule has 0 bridgehead atoms. The number of sulfone groups is 1. The highest BCUT2D eigenvalue weighted by atomic mass is 32.2. The summed E-state index contributed by atoms with van der Waals surface area (Å²) in [5.41, 5.74) is 0.917. The van der Waals surface area contributed by atoms with Crippen LogP contribution in [-0.4, -0.2) is 44.0 Å². The summed E-state index contributed by atoms with van der Waals surface area (Å²) in [7, 11) is -2.98. The number of nitrogens with zero attached hydrogens (tertiary/aromatic N) is 1. The molecule has 1 unspecified atom stereocenters. The number of hydrogen-bond acceptors (Lipinski definition) is 4. The number of hydrogen-bond donors (Lipinski definition) is 0. The standard InChI is InChI=1S/C13H17NO4S/c1-11(12-5-3-2-4-6-12)18-13(15)14-7-9-19(16,17)10-8-14/h2-6,11H,7-10H2,1H3. The second-order valence-electron chi connectivity index (χ2n) is 4.58. The number of carbonyl (C=O) groups excluding carboxylic acids is 1. The zero-order valence-electron chi connectivity index (χ0n) is 10.8. The van der Waals surface area contributed by atoms with E-state index >= 15 is 0 Å². The van der Waals surface area contributed by atoms with Crippen LogP contribution < -0.4 is 0 Å². The quantitative estimate of drug-likeness (QED) is 0.827. The van der Waals surface area contributed by atoms with E-state index in [9.17, 15) is 13.2 Å². The second kappa shape index (κ2) is 5.61. The Hall–Kier alpha value is -1.56. The van der Waals surface area contributed by atoms with Crippen LogP contribution in [0.5, 0.6) is 0 Å². The van der Waals surface area contributed by atoms with Gasteiger partial charge in [-0.2, -0.15) is 0 Å². The van der Waals surface area contributed by atoms with Crippen molar-refractivity contribution in [1.29, 1.82) is 0 Å². The first kappa shape index (κ1) is 13.9. The van der Waals surface area contributed by atoms with Gasteiger partial charge in [-0.3, -0.25) is 0 Å². The smallest absolute Gasteiger partial charge is 0.410 e. The monoisotopic (exact) mass is 283 g/mol. The molecular formula is C13H17NO4S. The highest BCUT2D eigenvalue weighted by Crippen LogP contribution is 2.18. The summed E-state index contributed by atoms with van der Waals surface area (Å²) in [6.07, 6.45) is -0.793. The van der Waals surface area contributed by atoms with E-state index in [0.717, 1.165) is 5.56 Å². The molecule has 1 amide bonds. The van der Waals surface area contributed by atoms with Crippen LogP contribution in [0.2, 0.25) is 0 Å². The molecule has 0 radical (unpaired) electrons. The average Bonchev–Trinajstić information content (AvgIpc) is 2.39. The lowest BCUT2D eigenvalue weighted by atomic mass is 10.1. The van der Waals surface area contributed by atoms with E-state index in [1.54, 1.807) is 6.92 Å². The van der Waals surface area contributed by atoms with E-state index in [1.165, 1.54) is 4.90 Å². The summed E-state index contributed by atoms with van der Waals surface area (Å²) < 4.78 is 27.9. The molecule has 2 rings (SSSR count). The molecule has 6 heteroatoms. The first-order valence-electron chi connectivity index (χ1n) is 6.19. The predicted octanol–water partition coefficient (Wildman–Crippen LogP) is 1.61. The van der Waals surface area contributed by atoms with Crippen LogP contribution >= 0.6 is 0 Å². The molecule has 104 valence electrons. The van der Waals surface area contributed by atoms with Gasteiger partial charge < -0.3 is 9.64 Å².